The minimum absolute atomic E-state index is 0.0318. The van der Waals surface area contributed by atoms with E-state index in [9.17, 15) is 9.18 Å². The second kappa shape index (κ2) is 2.87. The first kappa shape index (κ1) is 8.00. The minimum Gasteiger partial charge on any atom is -0.365 e. The highest BCUT2D eigenvalue weighted by Gasteiger charge is 2.10. The van der Waals surface area contributed by atoms with Crippen LogP contribution in [-0.4, -0.2) is 15.7 Å². The molecule has 0 unspecified atom stereocenters. The predicted octanol–water partition coefficient (Wildman–Crippen LogP) is 0.562. The van der Waals surface area contributed by atoms with Crippen molar-refractivity contribution < 1.29 is 9.18 Å². The van der Waals surface area contributed by atoms with Crippen molar-refractivity contribution in [2.45, 2.75) is 6.80 Å². The van der Waals surface area contributed by atoms with E-state index in [0.29, 0.717) is 0 Å². The van der Waals surface area contributed by atoms with E-state index in [1.54, 1.807) is 0 Å². The number of aromatic nitrogens is 2. The Balaban J connectivity index is 3.07. The van der Waals surface area contributed by atoms with Crippen LogP contribution in [0.25, 0.3) is 0 Å². The van der Waals surface area contributed by atoms with Crippen LogP contribution >= 0.6 is 11.6 Å². The molecular formula is C5H5ClFN3O. The molecule has 1 rings (SSSR count). The van der Waals surface area contributed by atoms with E-state index < -0.39 is 12.7 Å². The topological polar surface area (TPSA) is 60.9 Å². The number of alkyl halides is 1. The Morgan fingerprint density at radius 2 is 2.55 bits per heavy atom. The van der Waals surface area contributed by atoms with Crippen LogP contribution in [0.1, 0.15) is 10.4 Å². The van der Waals surface area contributed by atoms with E-state index >= 15 is 0 Å². The fourth-order valence-corrected chi connectivity index (χ4v) is 0.863. The Morgan fingerprint density at radius 3 is 2.82 bits per heavy atom. The van der Waals surface area contributed by atoms with Gasteiger partial charge < -0.3 is 5.73 Å². The number of hydrogen-bond acceptors (Lipinski definition) is 2. The van der Waals surface area contributed by atoms with Crippen molar-refractivity contribution in [3.05, 3.63) is 16.9 Å². The van der Waals surface area contributed by atoms with Gasteiger partial charge in [0.05, 0.1) is 5.56 Å². The maximum absolute atomic E-state index is 11.9. The highest BCUT2D eigenvalue weighted by Crippen LogP contribution is 2.11. The van der Waals surface area contributed by atoms with Gasteiger partial charge in [0.25, 0.3) is 5.91 Å². The largest absolute Gasteiger partial charge is 0.365 e. The molecule has 4 nitrogen and oxygen atoms in total. The lowest BCUT2D eigenvalue weighted by Crippen LogP contribution is -2.10. The average molecular weight is 178 g/mol. The number of nitrogens with two attached hydrogens (primary N) is 1. The average Bonchev–Trinajstić information content (AvgIpc) is 2.30. The van der Waals surface area contributed by atoms with Crippen LogP contribution in [0.15, 0.2) is 6.20 Å². The van der Waals surface area contributed by atoms with Crippen LogP contribution < -0.4 is 5.73 Å². The molecule has 0 saturated carbocycles. The standard InChI is InChI=1S/C5H5ClFN3O/c6-4-3(5(8)11)1-10(2-7)9-4/h1H,2H2,(H2,8,11). The third-order valence-electron chi connectivity index (χ3n) is 1.10. The van der Waals surface area contributed by atoms with Gasteiger partial charge in [-0.15, -0.1) is 0 Å². The predicted molar refractivity (Wildman–Crippen MR) is 36.9 cm³/mol. The van der Waals surface area contributed by atoms with Gasteiger partial charge in [-0.25, -0.2) is 9.07 Å². The third kappa shape index (κ3) is 1.48. The molecule has 0 atom stereocenters. The molecule has 0 fully saturated rings. The van der Waals surface area contributed by atoms with Gasteiger partial charge in [0, 0.05) is 6.20 Å². The van der Waals surface area contributed by atoms with Crippen LogP contribution in [0.4, 0.5) is 4.39 Å². The van der Waals surface area contributed by atoms with E-state index in [0.717, 1.165) is 10.9 Å². The van der Waals surface area contributed by atoms with Crippen molar-refractivity contribution in [3.63, 3.8) is 0 Å². The summed E-state index contributed by atoms with van der Waals surface area (Å²) in [6, 6.07) is 0. The zero-order valence-electron chi connectivity index (χ0n) is 5.42. The quantitative estimate of drug-likeness (QED) is 0.718. The van der Waals surface area contributed by atoms with Gasteiger partial charge in [0.1, 0.15) is 0 Å². The Kier molecular flexibility index (Phi) is 2.09. The van der Waals surface area contributed by atoms with Crippen LogP contribution in [0, 0.1) is 0 Å². The number of nitrogens with zero attached hydrogens (tertiary/aromatic N) is 2. The molecule has 2 N–H and O–H groups in total. The first-order valence-corrected chi connectivity index (χ1v) is 3.11. The Bertz CT molecular complexity index is 285. The van der Waals surface area contributed by atoms with Crippen LogP contribution in [0.2, 0.25) is 5.15 Å². The SMILES string of the molecule is NC(=O)c1cn(CF)nc1Cl. The van der Waals surface area contributed by atoms with Crippen molar-refractivity contribution in [3.8, 4) is 0 Å². The van der Waals surface area contributed by atoms with E-state index in [4.69, 9.17) is 17.3 Å². The number of primary amides is 1. The molecule has 0 saturated heterocycles. The fourth-order valence-electron chi connectivity index (χ4n) is 0.624. The molecular weight excluding hydrogens is 173 g/mol. The van der Waals surface area contributed by atoms with Gasteiger partial charge in [0.15, 0.2) is 12.0 Å². The molecule has 6 heteroatoms. The van der Waals surface area contributed by atoms with E-state index in [2.05, 4.69) is 5.10 Å². The van der Waals surface area contributed by atoms with E-state index in [1.165, 1.54) is 0 Å². The molecule has 0 aliphatic carbocycles. The number of hydrogen-bond donors (Lipinski definition) is 1. The number of rotatable bonds is 2. The highest BCUT2D eigenvalue weighted by atomic mass is 35.5. The first-order valence-electron chi connectivity index (χ1n) is 2.74. The molecule has 0 bridgehead atoms. The lowest BCUT2D eigenvalue weighted by Gasteiger charge is -1.86. The molecule has 0 aliphatic rings. The summed E-state index contributed by atoms with van der Waals surface area (Å²) in [5, 5.41) is 3.38. The summed E-state index contributed by atoms with van der Waals surface area (Å²) in [6.45, 7) is -0.826. The summed E-state index contributed by atoms with van der Waals surface area (Å²) in [7, 11) is 0. The van der Waals surface area contributed by atoms with E-state index in [-0.39, 0.29) is 10.7 Å². The second-order valence-corrected chi connectivity index (χ2v) is 2.21. The lowest BCUT2D eigenvalue weighted by atomic mass is 10.3. The first-order chi connectivity index (χ1) is 5.15. The molecule has 0 spiro atoms. The number of amides is 1. The Morgan fingerprint density at radius 1 is 1.91 bits per heavy atom. The van der Waals surface area contributed by atoms with Gasteiger partial charge in [-0.2, -0.15) is 5.10 Å². The zero-order chi connectivity index (χ0) is 8.43. The van der Waals surface area contributed by atoms with Crippen LogP contribution in [0.5, 0.6) is 0 Å². The maximum Gasteiger partial charge on any atom is 0.253 e. The normalized spacial score (nSPS) is 10.0. The van der Waals surface area contributed by atoms with Crippen molar-refractivity contribution in [1.29, 1.82) is 0 Å². The summed E-state index contributed by atoms with van der Waals surface area (Å²) in [5.74, 6) is -0.713. The Hall–Kier alpha value is -1.10. The summed E-state index contributed by atoms with van der Waals surface area (Å²) >= 11 is 5.42. The second-order valence-electron chi connectivity index (χ2n) is 1.86. The van der Waals surface area contributed by atoms with Crippen LogP contribution in [-0.2, 0) is 6.80 Å². The molecule has 0 radical (unpaired) electrons. The smallest absolute Gasteiger partial charge is 0.253 e. The van der Waals surface area contributed by atoms with Crippen molar-refractivity contribution >= 4 is 17.5 Å². The molecule has 11 heavy (non-hydrogen) atoms. The molecule has 0 aliphatic heterocycles. The fraction of sp³-hybridized carbons (Fsp3) is 0.200. The van der Waals surface area contributed by atoms with E-state index in [1.807, 2.05) is 0 Å². The maximum atomic E-state index is 11.9. The molecule has 1 heterocycles. The number of carbonyl (C=O) groups is 1. The van der Waals surface area contributed by atoms with Gasteiger partial charge in [-0.3, -0.25) is 4.79 Å². The number of halogens is 2. The zero-order valence-corrected chi connectivity index (χ0v) is 6.18. The van der Waals surface area contributed by atoms with Gasteiger partial charge >= 0.3 is 0 Å². The lowest BCUT2D eigenvalue weighted by molar-refractivity contribution is 0.100. The number of carbonyl (C=O) groups excluding carboxylic acids is 1. The highest BCUT2D eigenvalue weighted by molar-refractivity contribution is 6.32. The summed E-state index contributed by atoms with van der Waals surface area (Å²) < 4.78 is 12.8. The molecule has 0 aromatic carbocycles. The van der Waals surface area contributed by atoms with Gasteiger partial charge in [0.2, 0.25) is 0 Å². The van der Waals surface area contributed by atoms with Crippen molar-refractivity contribution in [1.82, 2.24) is 9.78 Å². The van der Waals surface area contributed by atoms with Gasteiger partial charge in [-0.05, 0) is 0 Å². The molecule has 1 aromatic rings. The van der Waals surface area contributed by atoms with Crippen molar-refractivity contribution in [2.75, 3.05) is 0 Å². The summed E-state index contributed by atoms with van der Waals surface area (Å²) in [4.78, 5) is 10.5. The minimum atomic E-state index is -0.826. The summed E-state index contributed by atoms with van der Waals surface area (Å²) in [5.41, 5.74) is 4.92. The van der Waals surface area contributed by atoms with Gasteiger partial charge in [-0.1, -0.05) is 11.6 Å². The molecule has 1 aromatic heterocycles. The molecule has 1 amide bonds. The van der Waals surface area contributed by atoms with Crippen LogP contribution in [0.3, 0.4) is 0 Å². The summed E-state index contributed by atoms with van der Waals surface area (Å²) in [6.07, 6.45) is 1.16. The van der Waals surface area contributed by atoms with Crippen molar-refractivity contribution in [2.24, 2.45) is 5.73 Å². The Labute approximate surface area is 66.7 Å². The monoisotopic (exact) mass is 177 g/mol. The molecule has 60 valence electrons. The third-order valence-corrected chi connectivity index (χ3v) is 1.38.